The molecule has 3 rings (SSSR count). The van der Waals surface area contributed by atoms with Crippen molar-refractivity contribution in [3.05, 3.63) is 68.9 Å². The van der Waals surface area contributed by atoms with Crippen LogP contribution in [0.2, 0.25) is 5.02 Å². The van der Waals surface area contributed by atoms with Crippen LogP contribution in [0.1, 0.15) is 26.9 Å². The number of aryl methyl sites for hydroxylation is 1. The fourth-order valence-corrected chi connectivity index (χ4v) is 4.17. The van der Waals surface area contributed by atoms with Crippen LogP contribution in [0.15, 0.2) is 40.9 Å². The fraction of sp³-hybridized carbons (Fsp3) is 0.176. The van der Waals surface area contributed by atoms with E-state index in [1.54, 1.807) is 0 Å². The lowest BCUT2D eigenvalue weighted by Gasteiger charge is -2.07. The molecule has 0 aliphatic heterocycles. The van der Waals surface area contributed by atoms with Crippen molar-refractivity contribution in [2.45, 2.75) is 24.9 Å². The minimum Gasteiger partial charge on any atom is -0.344 e. The van der Waals surface area contributed by atoms with Gasteiger partial charge < -0.3 is 5.32 Å². The second-order valence-corrected chi connectivity index (χ2v) is 8.98. The number of thiazole rings is 1. The van der Waals surface area contributed by atoms with Gasteiger partial charge in [-0.2, -0.15) is 0 Å². The van der Waals surface area contributed by atoms with E-state index in [1.165, 1.54) is 23.7 Å². The van der Waals surface area contributed by atoms with E-state index >= 15 is 0 Å². The van der Waals surface area contributed by atoms with Gasteiger partial charge >= 0.3 is 0 Å². The van der Waals surface area contributed by atoms with Gasteiger partial charge in [0.1, 0.15) is 16.5 Å². The Labute approximate surface area is 175 Å². The number of nitrogens with zero attached hydrogens (tertiary/aromatic N) is 3. The second kappa shape index (κ2) is 8.91. The number of benzene rings is 1. The summed E-state index contributed by atoms with van der Waals surface area (Å²) in [6.07, 6.45) is 2.55. The highest BCUT2D eigenvalue weighted by Gasteiger charge is 2.16. The maximum atomic E-state index is 13.2. The molecule has 0 fully saturated rings. The summed E-state index contributed by atoms with van der Waals surface area (Å²) in [4.78, 5) is 24.2. The first-order valence-corrected chi connectivity index (χ1v) is 10.9. The first kappa shape index (κ1) is 21.2. The first-order chi connectivity index (χ1) is 13.7. The van der Waals surface area contributed by atoms with Crippen LogP contribution < -0.4 is 10.0 Å². The number of hydrogen-bond donors (Lipinski definition) is 2. The van der Waals surface area contributed by atoms with Gasteiger partial charge in [-0.1, -0.05) is 11.6 Å². The SMILES string of the molecule is Cc1csc(CNC(=O)c2cnc(CNS(=O)(=O)c3ccc(F)c(Cl)c3)cn2)n1. The molecule has 12 heteroatoms. The van der Waals surface area contributed by atoms with Crippen molar-refractivity contribution in [1.29, 1.82) is 0 Å². The standard InChI is InChI=1S/C17H15ClFN5O3S2/c1-10-9-28-16(24-10)8-22-17(25)15-7-20-11(5-21-15)6-23-29(26,27)12-2-3-14(19)13(18)4-12/h2-5,7,9,23H,6,8H2,1H3,(H,22,25). The molecule has 0 spiro atoms. The summed E-state index contributed by atoms with van der Waals surface area (Å²) in [5, 5.41) is 5.05. The topological polar surface area (TPSA) is 114 Å². The van der Waals surface area contributed by atoms with Crippen molar-refractivity contribution in [1.82, 2.24) is 25.0 Å². The number of rotatable bonds is 7. The van der Waals surface area contributed by atoms with E-state index in [4.69, 9.17) is 11.6 Å². The molecule has 2 aromatic heterocycles. The molecule has 8 nitrogen and oxygen atoms in total. The first-order valence-electron chi connectivity index (χ1n) is 8.19. The maximum Gasteiger partial charge on any atom is 0.271 e. The fourth-order valence-electron chi connectivity index (χ4n) is 2.19. The maximum absolute atomic E-state index is 13.2. The predicted octanol–water partition coefficient (Wildman–Crippen LogP) is 2.44. The summed E-state index contributed by atoms with van der Waals surface area (Å²) in [7, 11) is -3.92. The lowest BCUT2D eigenvalue weighted by atomic mass is 10.3. The van der Waals surface area contributed by atoms with E-state index in [1.807, 2.05) is 12.3 Å². The summed E-state index contributed by atoms with van der Waals surface area (Å²) in [6, 6.07) is 3.09. The van der Waals surface area contributed by atoms with Gasteiger partial charge in [-0.25, -0.2) is 27.5 Å². The molecule has 0 radical (unpaired) electrons. The van der Waals surface area contributed by atoms with Crippen LogP contribution in [0.25, 0.3) is 0 Å². The molecule has 0 bridgehead atoms. The Bertz CT molecular complexity index is 1140. The average molecular weight is 456 g/mol. The number of nitrogens with one attached hydrogen (secondary N) is 2. The number of carbonyl (C=O) groups is 1. The van der Waals surface area contributed by atoms with Crippen LogP contribution in [-0.2, 0) is 23.1 Å². The molecule has 1 aromatic carbocycles. The van der Waals surface area contributed by atoms with Crippen LogP contribution in [0.3, 0.4) is 0 Å². The third-order valence-electron chi connectivity index (χ3n) is 3.65. The van der Waals surface area contributed by atoms with Gasteiger partial charge in [0, 0.05) is 11.1 Å². The Balaban J connectivity index is 1.58. The van der Waals surface area contributed by atoms with E-state index in [2.05, 4.69) is 25.0 Å². The van der Waals surface area contributed by atoms with E-state index in [0.29, 0.717) is 5.69 Å². The van der Waals surface area contributed by atoms with Gasteiger partial charge in [0.25, 0.3) is 5.91 Å². The Morgan fingerprint density at radius 1 is 1.24 bits per heavy atom. The highest BCUT2D eigenvalue weighted by molar-refractivity contribution is 7.89. The van der Waals surface area contributed by atoms with E-state index in [9.17, 15) is 17.6 Å². The molecule has 2 heterocycles. The third-order valence-corrected chi connectivity index (χ3v) is 6.30. The van der Waals surface area contributed by atoms with Crippen LogP contribution in [-0.4, -0.2) is 29.3 Å². The highest BCUT2D eigenvalue weighted by atomic mass is 35.5. The lowest BCUT2D eigenvalue weighted by molar-refractivity contribution is 0.0945. The van der Waals surface area contributed by atoms with Gasteiger partial charge in [-0.05, 0) is 25.1 Å². The predicted molar refractivity (Wildman–Crippen MR) is 105 cm³/mol. The van der Waals surface area contributed by atoms with Gasteiger partial charge in [0.05, 0.1) is 41.1 Å². The molecular formula is C17H15ClFN5O3S2. The summed E-state index contributed by atoms with van der Waals surface area (Å²) in [6.45, 7) is 1.98. The normalized spacial score (nSPS) is 11.4. The smallest absolute Gasteiger partial charge is 0.271 e. The van der Waals surface area contributed by atoms with Crippen molar-refractivity contribution < 1.29 is 17.6 Å². The molecule has 0 saturated carbocycles. The number of sulfonamides is 1. The second-order valence-electron chi connectivity index (χ2n) is 5.86. The highest BCUT2D eigenvalue weighted by Crippen LogP contribution is 2.19. The monoisotopic (exact) mass is 455 g/mol. The van der Waals surface area contributed by atoms with Crippen LogP contribution in [0.5, 0.6) is 0 Å². The zero-order valence-electron chi connectivity index (χ0n) is 15.0. The van der Waals surface area contributed by atoms with Crippen LogP contribution in [0.4, 0.5) is 4.39 Å². The van der Waals surface area contributed by atoms with E-state index < -0.39 is 21.7 Å². The molecule has 0 aliphatic rings. The molecule has 152 valence electrons. The lowest BCUT2D eigenvalue weighted by Crippen LogP contribution is -2.25. The van der Waals surface area contributed by atoms with Crippen molar-refractivity contribution in [2.24, 2.45) is 0 Å². The quantitative estimate of drug-likeness (QED) is 0.565. The molecule has 0 atom stereocenters. The molecule has 2 N–H and O–H groups in total. The Kier molecular flexibility index (Phi) is 6.52. The Hall–Kier alpha value is -2.47. The number of halogens is 2. The number of hydrogen-bond acceptors (Lipinski definition) is 7. The van der Waals surface area contributed by atoms with Crippen molar-refractivity contribution in [2.75, 3.05) is 0 Å². The molecule has 0 saturated heterocycles. The van der Waals surface area contributed by atoms with Crippen LogP contribution >= 0.6 is 22.9 Å². The molecule has 0 unspecified atom stereocenters. The van der Waals surface area contributed by atoms with Crippen molar-refractivity contribution in [3.8, 4) is 0 Å². The molecule has 3 aromatic rings. The summed E-state index contributed by atoms with van der Waals surface area (Å²) < 4.78 is 40.0. The van der Waals surface area contributed by atoms with Gasteiger partial charge in [-0.15, -0.1) is 11.3 Å². The number of carbonyl (C=O) groups excluding carboxylic acids is 1. The van der Waals surface area contributed by atoms with Crippen molar-refractivity contribution in [3.63, 3.8) is 0 Å². The molecule has 29 heavy (non-hydrogen) atoms. The van der Waals surface area contributed by atoms with E-state index in [-0.39, 0.29) is 28.7 Å². The summed E-state index contributed by atoms with van der Waals surface area (Å²) >= 11 is 7.06. The average Bonchev–Trinajstić information content (AvgIpc) is 3.12. The number of amides is 1. The van der Waals surface area contributed by atoms with E-state index in [0.717, 1.165) is 28.9 Å². The minimum absolute atomic E-state index is 0.0928. The minimum atomic E-state index is -3.92. The largest absolute Gasteiger partial charge is 0.344 e. The Morgan fingerprint density at radius 2 is 2.03 bits per heavy atom. The molecule has 1 amide bonds. The zero-order valence-corrected chi connectivity index (χ0v) is 17.4. The van der Waals surface area contributed by atoms with Gasteiger partial charge in [0.2, 0.25) is 10.0 Å². The van der Waals surface area contributed by atoms with Gasteiger partial charge in [-0.3, -0.25) is 9.78 Å². The summed E-state index contributed by atoms with van der Waals surface area (Å²) in [5.74, 6) is -1.13. The number of aromatic nitrogens is 3. The molecule has 0 aliphatic carbocycles. The zero-order chi connectivity index (χ0) is 21.0. The summed E-state index contributed by atoms with van der Waals surface area (Å²) in [5.41, 5.74) is 1.28. The Morgan fingerprint density at radius 3 is 2.66 bits per heavy atom. The van der Waals surface area contributed by atoms with Crippen molar-refractivity contribution >= 4 is 38.9 Å². The van der Waals surface area contributed by atoms with Gasteiger partial charge in [0.15, 0.2) is 0 Å². The molecular weight excluding hydrogens is 441 g/mol. The van der Waals surface area contributed by atoms with Crippen LogP contribution in [0, 0.1) is 12.7 Å². The third kappa shape index (κ3) is 5.54.